The number of carbonyl (C=O) groups excluding carboxylic acids is 1. The normalized spacial score (nSPS) is 22.2. The summed E-state index contributed by atoms with van der Waals surface area (Å²) in [5.74, 6) is 1.28. The van der Waals surface area contributed by atoms with E-state index in [2.05, 4.69) is 20.7 Å². The molecule has 0 radical (unpaired) electrons. The summed E-state index contributed by atoms with van der Waals surface area (Å²) in [6.07, 6.45) is 4.62. The zero-order chi connectivity index (χ0) is 15.5. The van der Waals surface area contributed by atoms with E-state index >= 15 is 0 Å². The Balaban J connectivity index is 1.56. The molecule has 0 N–H and O–H groups in total. The van der Waals surface area contributed by atoms with Gasteiger partial charge in [-0.05, 0) is 24.8 Å². The van der Waals surface area contributed by atoms with Crippen molar-refractivity contribution < 1.29 is 9.53 Å². The topological polar surface area (TPSA) is 50.6 Å². The Bertz CT molecular complexity index is 510. The molecule has 6 nitrogen and oxygen atoms in total. The molecule has 1 saturated carbocycles. The lowest BCUT2D eigenvalue weighted by molar-refractivity contribution is -0.134. The molecule has 122 valence electrons. The van der Waals surface area contributed by atoms with Crippen molar-refractivity contribution >= 4 is 5.91 Å². The smallest absolute Gasteiger partial charge is 0.248 e. The molecule has 0 spiro atoms. The summed E-state index contributed by atoms with van der Waals surface area (Å²) in [5, 5.41) is 4.43. The standard InChI is InChI=1S/C16H26N4O2/c1-18(2)16(21)12-22-11-14-8-19(7-13-3-4-13)10-15-5-6-17-20(15)9-14/h5-6,13-14H,3-4,7-12H2,1-2H3/t14-/m0/s1. The van der Waals surface area contributed by atoms with Crippen molar-refractivity contribution in [2.24, 2.45) is 11.8 Å². The summed E-state index contributed by atoms with van der Waals surface area (Å²) in [5.41, 5.74) is 1.28. The first-order valence-corrected chi connectivity index (χ1v) is 8.12. The predicted octanol–water partition coefficient (Wildman–Crippen LogP) is 0.830. The van der Waals surface area contributed by atoms with Crippen molar-refractivity contribution in [3.63, 3.8) is 0 Å². The van der Waals surface area contributed by atoms with E-state index in [4.69, 9.17) is 4.74 Å². The maximum absolute atomic E-state index is 11.6. The molecule has 0 bridgehead atoms. The van der Waals surface area contributed by atoms with Crippen LogP contribution in [-0.2, 0) is 22.6 Å². The molecule has 1 amide bonds. The van der Waals surface area contributed by atoms with Crippen LogP contribution in [0.25, 0.3) is 0 Å². The van der Waals surface area contributed by atoms with E-state index in [1.807, 2.05) is 6.20 Å². The molecular formula is C16H26N4O2. The van der Waals surface area contributed by atoms with Crippen molar-refractivity contribution in [1.29, 1.82) is 0 Å². The summed E-state index contributed by atoms with van der Waals surface area (Å²) >= 11 is 0. The van der Waals surface area contributed by atoms with Gasteiger partial charge in [-0.1, -0.05) is 0 Å². The van der Waals surface area contributed by atoms with Gasteiger partial charge in [0.1, 0.15) is 6.61 Å². The van der Waals surface area contributed by atoms with Crippen LogP contribution in [0.3, 0.4) is 0 Å². The van der Waals surface area contributed by atoms with E-state index in [1.54, 1.807) is 19.0 Å². The van der Waals surface area contributed by atoms with Crippen molar-refractivity contribution in [3.8, 4) is 0 Å². The Morgan fingerprint density at radius 1 is 1.36 bits per heavy atom. The minimum atomic E-state index is 0.0169. The Labute approximate surface area is 132 Å². The van der Waals surface area contributed by atoms with Gasteiger partial charge < -0.3 is 9.64 Å². The maximum Gasteiger partial charge on any atom is 0.248 e. The minimum Gasteiger partial charge on any atom is -0.371 e. The molecule has 1 aliphatic carbocycles. The third-order valence-corrected chi connectivity index (χ3v) is 4.43. The monoisotopic (exact) mass is 306 g/mol. The number of rotatable bonds is 6. The second-order valence-electron chi connectivity index (χ2n) is 6.81. The van der Waals surface area contributed by atoms with Crippen LogP contribution in [-0.4, -0.2) is 65.9 Å². The number of carbonyl (C=O) groups is 1. The van der Waals surface area contributed by atoms with Crippen molar-refractivity contribution in [1.82, 2.24) is 19.6 Å². The first kappa shape index (κ1) is 15.5. The second kappa shape index (κ2) is 6.79. The SMILES string of the molecule is CN(C)C(=O)COC[C@H]1CN(CC2CC2)Cc2ccnn2C1. The lowest BCUT2D eigenvalue weighted by Gasteiger charge is -2.23. The first-order valence-electron chi connectivity index (χ1n) is 8.12. The number of hydrogen-bond acceptors (Lipinski definition) is 4. The Kier molecular flexibility index (Phi) is 4.78. The molecule has 1 aromatic heterocycles. The highest BCUT2D eigenvalue weighted by Gasteiger charge is 2.28. The average Bonchev–Trinajstić information content (AvgIpc) is 3.21. The molecule has 1 fully saturated rings. The van der Waals surface area contributed by atoms with Gasteiger partial charge >= 0.3 is 0 Å². The zero-order valence-electron chi connectivity index (χ0n) is 13.6. The van der Waals surface area contributed by atoms with E-state index in [-0.39, 0.29) is 12.5 Å². The first-order chi connectivity index (χ1) is 10.6. The van der Waals surface area contributed by atoms with Gasteiger partial charge in [0, 0.05) is 52.4 Å². The molecule has 0 aromatic carbocycles. The van der Waals surface area contributed by atoms with Gasteiger partial charge in [-0.25, -0.2) is 0 Å². The highest BCUT2D eigenvalue weighted by atomic mass is 16.5. The number of aromatic nitrogens is 2. The minimum absolute atomic E-state index is 0.0169. The van der Waals surface area contributed by atoms with E-state index in [9.17, 15) is 4.79 Å². The summed E-state index contributed by atoms with van der Waals surface area (Å²) in [6.45, 7) is 4.83. The molecule has 1 aromatic rings. The lowest BCUT2D eigenvalue weighted by Crippen LogP contribution is -2.33. The van der Waals surface area contributed by atoms with Gasteiger partial charge in [-0.3, -0.25) is 14.4 Å². The molecule has 1 atom stereocenters. The van der Waals surface area contributed by atoms with Crippen LogP contribution in [0.1, 0.15) is 18.5 Å². The highest BCUT2D eigenvalue weighted by Crippen LogP contribution is 2.31. The number of nitrogens with zero attached hydrogens (tertiary/aromatic N) is 4. The van der Waals surface area contributed by atoms with E-state index in [1.165, 1.54) is 25.1 Å². The van der Waals surface area contributed by atoms with Gasteiger partial charge in [0.2, 0.25) is 5.91 Å². The lowest BCUT2D eigenvalue weighted by atomic mass is 10.1. The number of amides is 1. The van der Waals surface area contributed by atoms with Gasteiger partial charge in [0.15, 0.2) is 0 Å². The maximum atomic E-state index is 11.6. The quantitative estimate of drug-likeness (QED) is 0.781. The van der Waals surface area contributed by atoms with Gasteiger partial charge in [-0.2, -0.15) is 5.10 Å². The van der Waals surface area contributed by atoms with Crippen LogP contribution < -0.4 is 0 Å². The average molecular weight is 306 g/mol. The highest BCUT2D eigenvalue weighted by molar-refractivity contribution is 5.76. The van der Waals surface area contributed by atoms with Crippen LogP contribution in [0.4, 0.5) is 0 Å². The summed E-state index contributed by atoms with van der Waals surface area (Å²) in [7, 11) is 3.51. The summed E-state index contributed by atoms with van der Waals surface area (Å²) in [4.78, 5) is 15.7. The molecule has 0 unspecified atom stereocenters. The molecular weight excluding hydrogens is 280 g/mol. The van der Waals surface area contributed by atoms with Gasteiger partial charge in [0.05, 0.1) is 12.3 Å². The fourth-order valence-electron chi connectivity index (χ4n) is 2.97. The third-order valence-electron chi connectivity index (χ3n) is 4.43. The van der Waals surface area contributed by atoms with Crippen molar-refractivity contribution in [2.45, 2.75) is 25.9 Å². The van der Waals surface area contributed by atoms with E-state index in [0.29, 0.717) is 12.5 Å². The molecule has 2 aliphatic rings. The largest absolute Gasteiger partial charge is 0.371 e. The molecule has 22 heavy (non-hydrogen) atoms. The molecule has 2 heterocycles. The fourth-order valence-corrected chi connectivity index (χ4v) is 2.97. The van der Waals surface area contributed by atoms with E-state index in [0.717, 1.165) is 25.6 Å². The van der Waals surface area contributed by atoms with Crippen LogP contribution in [0.5, 0.6) is 0 Å². The van der Waals surface area contributed by atoms with Crippen LogP contribution in [0.2, 0.25) is 0 Å². The third kappa shape index (κ3) is 4.08. The number of ether oxygens (including phenoxy) is 1. The summed E-state index contributed by atoms with van der Waals surface area (Å²) < 4.78 is 7.75. The Morgan fingerprint density at radius 3 is 2.91 bits per heavy atom. The van der Waals surface area contributed by atoms with Crippen molar-refractivity contribution in [2.75, 3.05) is 40.4 Å². The number of hydrogen-bond donors (Lipinski definition) is 0. The summed E-state index contributed by atoms with van der Waals surface area (Å²) in [6, 6.07) is 2.11. The zero-order valence-corrected chi connectivity index (χ0v) is 13.6. The van der Waals surface area contributed by atoms with Gasteiger partial charge in [-0.15, -0.1) is 0 Å². The van der Waals surface area contributed by atoms with Crippen LogP contribution >= 0.6 is 0 Å². The fraction of sp³-hybridized carbons (Fsp3) is 0.750. The van der Waals surface area contributed by atoms with Crippen LogP contribution in [0.15, 0.2) is 12.3 Å². The van der Waals surface area contributed by atoms with E-state index < -0.39 is 0 Å². The predicted molar refractivity (Wildman–Crippen MR) is 83.2 cm³/mol. The Morgan fingerprint density at radius 2 is 2.18 bits per heavy atom. The molecule has 3 rings (SSSR count). The Hall–Kier alpha value is -1.40. The second-order valence-corrected chi connectivity index (χ2v) is 6.81. The van der Waals surface area contributed by atoms with Crippen LogP contribution in [0, 0.1) is 11.8 Å². The molecule has 1 aliphatic heterocycles. The van der Waals surface area contributed by atoms with Gasteiger partial charge in [0.25, 0.3) is 0 Å². The molecule has 6 heteroatoms. The number of likely N-dealkylation sites (N-methyl/N-ethyl adjacent to an activating group) is 1. The molecule has 0 saturated heterocycles. The number of fused-ring (bicyclic) bond motifs is 1. The van der Waals surface area contributed by atoms with Crippen molar-refractivity contribution in [3.05, 3.63) is 18.0 Å².